The third-order valence-electron chi connectivity index (χ3n) is 6.87. The molecule has 35 heavy (non-hydrogen) atoms. The first kappa shape index (κ1) is 21.7. The van der Waals surface area contributed by atoms with E-state index in [0.29, 0.717) is 13.2 Å². The minimum absolute atomic E-state index is 0.0375. The Kier molecular flexibility index (Phi) is 5.41. The molecular formula is C28H28N4O3. The molecule has 1 amide bonds. The SMILES string of the molecule is CCOc1ccc(-c2nc3cc(N4Cc5cc(N6CCOCC6)ccc5C4=O)ccc3n2C)cc1. The summed E-state index contributed by atoms with van der Waals surface area (Å²) in [6.07, 6.45) is 0. The van der Waals surface area contributed by atoms with E-state index in [9.17, 15) is 4.79 Å². The largest absolute Gasteiger partial charge is 0.494 e. The summed E-state index contributed by atoms with van der Waals surface area (Å²) < 4.78 is 13.1. The second-order valence-corrected chi connectivity index (χ2v) is 8.96. The lowest BCUT2D eigenvalue weighted by molar-refractivity contribution is 0.0996. The monoisotopic (exact) mass is 468 g/mol. The highest BCUT2D eigenvalue weighted by Crippen LogP contribution is 2.34. The molecule has 4 aromatic rings. The third kappa shape index (κ3) is 3.82. The van der Waals surface area contributed by atoms with Gasteiger partial charge in [-0.2, -0.15) is 0 Å². The van der Waals surface area contributed by atoms with Crippen molar-refractivity contribution in [1.29, 1.82) is 0 Å². The van der Waals surface area contributed by atoms with Gasteiger partial charge in [0.2, 0.25) is 0 Å². The maximum absolute atomic E-state index is 13.3. The maximum atomic E-state index is 13.3. The van der Waals surface area contributed by atoms with Crippen LogP contribution in [0, 0.1) is 0 Å². The number of hydrogen-bond acceptors (Lipinski definition) is 5. The fraction of sp³-hybridized carbons (Fsp3) is 0.286. The lowest BCUT2D eigenvalue weighted by atomic mass is 10.1. The number of ether oxygens (including phenoxy) is 2. The first-order chi connectivity index (χ1) is 17.1. The molecule has 0 radical (unpaired) electrons. The van der Waals surface area contributed by atoms with Gasteiger partial charge in [0, 0.05) is 42.6 Å². The predicted octanol–water partition coefficient (Wildman–Crippen LogP) is 4.64. The van der Waals surface area contributed by atoms with Gasteiger partial charge in [-0.15, -0.1) is 0 Å². The van der Waals surface area contributed by atoms with Crippen LogP contribution in [0.1, 0.15) is 22.8 Å². The van der Waals surface area contributed by atoms with Crippen LogP contribution in [0.4, 0.5) is 11.4 Å². The number of hydrogen-bond donors (Lipinski definition) is 0. The van der Waals surface area contributed by atoms with E-state index < -0.39 is 0 Å². The van der Waals surface area contributed by atoms with Crippen LogP contribution in [-0.4, -0.2) is 48.4 Å². The highest BCUT2D eigenvalue weighted by molar-refractivity contribution is 6.10. The van der Waals surface area contributed by atoms with E-state index in [4.69, 9.17) is 14.5 Å². The molecule has 7 heteroatoms. The number of amides is 1. The summed E-state index contributed by atoms with van der Waals surface area (Å²) in [6.45, 7) is 6.42. The zero-order chi connectivity index (χ0) is 23.9. The fourth-order valence-corrected chi connectivity index (χ4v) is 5.02. The Labute approximate surface area is 204 Å². The summed E-state index contributed by atoms with van der Waals surface area (Å²) in [5.41, 5.74) is 6.77. The number of aryl methyl sites for hydroxylation is 1. The lowest BCUT2D eigenvalue weighted by Crippen LogP contribution is -2.36. The van der Waals surface area contributed by atoms with Crippen molar-refractivity contribution in [3.8, 4) is 17.1 Å². The number of benzene rings is 3. The number of anilines is 2. The molecule has 0 bridgehead atoms. The van der Waals surface area contributed by atoms with E-state index in [0.717, 1.165) is 77.0 Å². The van der Waals surface area contributed by atoms with Crippen molar-refractivity contribution in [3.63, 3.8) is 0 Å². The minimum atomic E-state index is 0.0375. The average molecular weight is 469 g/mol. The fourth-order valence-electron chi connectivity index (χ4n) is 5.02. The standard InChI is InChI=1S/C28H28N4O3/c1-3-35-23-8-4-19(5-9-23)27-29-25-17-22(7-11-26(25)30(27)2)32-18-20-16-21(6-10-24(20)28(32)33)31-12-14-34-15-13-31/h4-11,16-17H,3,12-15,18H2,1-2H3. The van der Waals surface area contributed by atoms with E-state index in [1.165, 1.54) is 0 Å². The van der Waals surface area contributed by atoms with Crippen molar-refractivity contribution in [2.24, 2.45) is 7.05 Å². The minimum Gasteiger partial charge on any atom is -0.494 e. The second-order valence-electron chi connectivity index (χ2n) is 8.96. The number of morpholine rings is 1. The molecule has 0 N–H and O–H groups in total. The first-order valence-corrected chi connectivity index (χ1v) is 12.1. The Morgan fingerprint density at radius 2 is 1.74 bits per heavy atom. The second kappa shape index (κ2) is 8.74. The number of carbonyl (C=O) groups is 1. The number of rotatable bonds is 5. The van der Waals surface area contributed by atoms with Crippen molar-refractivity contribution in [3.05, 3.63) is 71.8 Å². The number of aromatic nitrogens is 2. The smallest absolute Gasteiger partial charge is 0.258 e. The van der Waals surface area contributed by atoms with Gasteiger partial charge in [0.1, 0.15) is 11.6 Å². The predicted molar refractivity (Wildman–Crippen MR) is 137 cm³/mol. The molecule has 2 aliphatic heterocycles. The van der Waals surface area contributed by atoms with Crippen molar-refractivity contribution < 1.29 is 14.3 Å². The van der Waals surface area contributed by atoms with Gasteiger partial charge in [-0.3, -0.25) is 4.79 Å². The van der Waals surface area contributed by atoms with Crippen LogP contribution in [0.2, 0.25) is 0 Å². The van der Waals surface area contributed by atoms with Crippen LogP contribution in [0.25, 0.3) is 22.4 Å². The summed E-state index contributed by atoms with van der Waals surface area (Å²) in [7, 11) is 2.02. The summed E-state index contributed by atoms with van der Waals surface area (Å²) >= 11 is 0. The molecule has 1 aromatic heterocycles. The number of fused-ring (bicyclic) bond motifs is 2. The van der Waals surface area contributed by atoms with Crippen molar-refractivity contribution >= 4 is 28.3 Å². The van der Waals surface area contributed by atoms with E-state index in [2.05, 4.69) is 21.6 Å². The Balaban J connectivity index is 1.29. The van der Waals surface area contributed by atoms with Crippen molar-refractivity contribution in [2.45, 2.75) is 13.5 Å². The quantitative estimate of drug-likeness (QED) is 0.427. The van der Waals surface area contributed by atoms with Crippen LogP contribution < -0.4 is 14.5 Å². The molecular weight excluding hydrogens is 440 g/mol. The van der Waals surface area contributed by atoms with Gasteiger partial charge in [0.05, 0.1) is 37.4 Å². The first-order valence-electron chi connectivity index (χ1n) is 12.1. The normalized spacial score (nSPS) is 15.7. The molecule has 0 saturated carbocycles. The van der Waals surface area contributed by atoms with Crippen LogP contribution in [0.3, 0.4) is 0 Å². The summed E-state index contributed by atoms with van der Waals surface area (Å²) in [6, 6.07) is 20.2. The zero-order valence-corrected chi connectivity index (χ0v) is 20.0. The van der Waals surface area contributed by atoms with Gasteiger partial charge in [-0.05, 0) is 73.2 Å². The molecule has 3 aromatic carbocycles. The van der Waals surface area contributed by atoms with Gasteiger partial charge in [-0.1, -0.05) is 0 Å². The van der Waals surface area contributed by atoms with Gasteiger partial charge in [-0.25, -0.2) is 4.98 Å². The number of nitrogens with zero attached hydrogens (tertiary/aromatic N) is 4. The van der Waals surface area contributed by atoms with Crippen molar-refractivity contribution in [1.82, 2.24) is 9.55 Å². The Hall–Kier alpha value is -3.84. The molecule has 178 valence electrons. The highest BCUT2D eigenvalue weighted by atomic mass is 16.5. The molecule has 0 atom stereocenters. The Bertz CT molecular complexity index is 1400. The number of carbonyl (C=O) groups excluding carboxylic acids is 1. The molecule has 7 nitrogen and oxygen atoms in total. The molecule has 2 aliphatic rings. The molecule has 0 aliphatic carbocycles. The lowest BCUT2D eigenvalue weighted by Gasteiger charge is -2.29. The maximum Gasteiger partial charge on any atom is 0.258 e. The highest BCUT2D eigenvalue weighted by Gasteiger charge is 2.29. The topological polar surface area (TPSA) is 59.8 Å². The van der Waals surface area contributed by atoms with Gasteiger partial charge in [0.25, 0.3) is 5.91 Å². The zero-order valence-electron chi connectivity index (χ0n) is 20.0. The third-order valence-corrected chi connectivity index (χ3v) is 6.87. The summed E-state index contributed by atoms with van der Waals surface area (Å²) in [5, 5.41) is 0. The summed E-state index contributed by atoms with van der Waals surface area (Å²) in [4.78, 5) is 22.3. The molecule has 1 fully saturated rings. The van der Waals surface area contributed by atoms with Crippen LogP contribution in [0.5, 0.6) is 5.75 Å². The van der Waals surface area contributed by atoms with E-state index in [1.54, 1.807) is 0 Å². The molecule has 3 heterocycles. The van der Waals surface area contributed by atoms with Gasteiger partial charge in [0.15, 0.2) is 0 Å². The van der Waals surface area contributed by atoms with Crippen LogP contribution >= 0.6 is 0 Å². The number of imidazole rings is 1. The average Bonchev–Trinajstić information content (AvgIpc) is 3.41. The summed E-state index contributed by atoms with van der Waals surface area (Å²) in [5.74, 6) is 1.77. The van der Waals surface area contributed by atoms with Crippen LogP contribution in [-0.2, 0) is 18.3 Å². The molecule has 0 spiro atoms. The van der Waals surface area contributed by atoms with E-state index in [-0.39, 0.29) is 5.91 Å². The molecule has 1 saturated heterocycles. The molecule has 6 rings (SSSR count). The van der Waals surface area contributed by atoms with Crippen LogP contribution in [0.15, 0.2) is 60.7 Å². The molecule has 0 unspecified atom stereocenters. The van der Waals surface area contributed by atoms with Gasteiger partial charge < -0.3 is 23.8 Å². The van der Waals surface area contributed by atoms with Gasteiger partial charge >= 0.3 is 0 Å². The van der Waals surface area contributed by atoms with E-state index in [1.807, 2.05) is 67.4 Å². The van der Waals surface area contributed by atoms with Crippen molar-refractivity contribution in [2.75, 3.05) is 42.7 Å². The Morgan fingerprint density at radius 1 is 0.971 bits per heavy atom. The Morgan fingerprint density at radius 3 is 2.51 bits per heavy atom. The van der Waals surface area contributed by atoms with E-state index >= 15 is 0 Å².